The van der Waals surface area contributed by atoms with E-state index < -0.39 is 8.07 Å². The van der Waals surface area contributed by atoms with Crippen molar-refractivity contribution in [1.29, 1.82) is 0 Å². The fraction of sp³-hybridized carbons (Fsp3) is 0.0500. The highest BCUT2D eigenvalue weighted by atomic mass is 28.3. The Hall–Kier alpha value is -12.1. The molecule has 20 rings (SSSR count). The van der Waals surface area contributed by atoms with E-state index in [0.29, 0.717) is 25.7 Å². The van der Waals surface area contributed by atoms with Crippen molar-refractivity contribution in [2.75, 3.05) is 0 Å². The van der Waals surface area contributed by atoms with Crippen LogP contribution in [0.2, 0.25) is 0 Å². The van der Waals surface area contributed by atoms with Crippen molar-refractivity contribution in [1.82, 2.24) is 39.9 Å². The molecule has 0 saturated carbocycles. The van der Waals surface area contributed by atoms with E-state index in [1.807, 2.05) is 98.1 Å². The SMILES string of the molecule is c1cnc2c(c1)c1c(c3ncccc32)N=C(c2ccc([Si](c3ccc(C4=Nc5c(c6cccnc6c6cccnc56)C4)cc3)(c3ccc(C4=Nc5c(c6cccnc6c6cccnc56)C4)cc3)c3ccc(C4=Nc5c(c6cccnc6c6cccnc56)C4)cc3)cc2)C1. The van der Waals surface area contributed by atoms with E-state index in [-0.39, 0.29) is 0 Å². The first-order valence-electron chi connectivity index (χ1n) is 31.4. The van der Waals surface area contributed by atoms with Crippen LogP contribution in [0.25, 0.3) is 87.2 Å². The van der Waals surface area contributed by atoms with Crippen molar-refractivity contribution in [3.8, 4) is 0 Å². The Bertz CT molecular complexity index is 5350. The summed E-state index contributed by atoms with van der Waals surface area (Å²) in [5, 5.41) is 13.4. The average molecular weight is 1210 g/mol. The van der Waals surface area contributed by atoms with Crippen molar-refractivity contribution >= 4 is 162 Å². The number of nitrogens with zero attached hydrogens (tertiary/aromatic N) is 12. The molecule has 8 aromatic heterocycles. The highest BCUT2D eigenvalue weighted by molar-refractivity contribution is 7.20. The van der Waals surface area contributed by atoms with Crippen LogP contribution in [0.15, 0.2) is 264 Å². The van der Waals surface area contributed by atoms with Gasteiger partial charge in [-0.05, 0) is 138 Å². The number of pyridine rings is 8. The van der Waals surface area contributed by atoms with Crippen molar-refractivity contribution in [3.05, 3.63) is 288 Å². The molecule has 0 unspecified atom stereocenters. The Labute approximate surface area is 532 Å². The summed E-state index contributed by atoms with van der Waals surface area (Å²) in [6, 6.07) is 70.4. The van der Waals surface area contributed by atoms with E-state index >= 15 is 0 Å². The second kappa shape index (κ2) is 20.0. The molecule has 16 aromatic rings. The van der Waals surface area contributed by atoms with Gasteiger partial charge in [-0.1, -0.05) is 121 Å². The van der Waals surface area contributed by atoms with Gasteiger partial charge >= 0.3 is 0 Å². The predicted molar refractivity (Wildman–Crippen MR) is 378 cm³/mol. The normalized spacial score (nSPS) is 14.1. The maximum absolute atomic E-state index is 5.44. The topological polar surface area (TPSA) is 153 Å². The molecule has 0 radical (unpaired) electrons. The predicted octanol–water partition coefficient (Wildman–Crippen LogP) is 14.2. The summed E-state index contributed by atoms with van der Waals surface area (Å²) in [5.41, 5.74) is 23.9. The number of hydrogen-bond donors (Lipinski definition) is 0. The van der Waals surface area contributed by atoms with Crippen LogP contribution >= 0.6 is 0 Å². The largest absolute Gasteiger partial charge is 0.256 e. The lowest BCUT2D eigenvalue weighted by Crippen LogP contribution is -2.74. The molecule has 93 heavy (non-hydrogen) atoms. The summed E-state index contributed by atoms with van der Waals surface area (Å²) in [6.45, 7) is 0. The molecule has 0 saturated heterocycles. The van der Waals surface area contributed by atoms with Crippen LogP contribution in [0.5, 0.6) is 0 Å². The van der Waals surface area contributed by atoms with E-state index in [0.717, 1.165) is 177 Å². The van der Waals surface area contributed by atoms with Crippen LogP contribution in [-0.2, 0) is 25.7 Å². The quantitative estimate of drug-likeness (QED) is 0.0828. The van der Waals surface area contributed by atoms with Crippen molar-refractivity contribution in [2.24, 2.45) is 20.0 Å². The minimum absolute atomic E-state index is 0.667. The fourth-order valence-electron chi connectivity index (χ4n) is 15.6. The zero-order valence-electron chi connectivity index (χ0n) is 49.8. The van der Waals surface area contributed by atoms with Gasteiger partial charge in [-0.2, -0.15) is 0 Å². The summed E-state index contributed by atoms with van der Waals surface area (Å²) in [4.78, 5) is 60.8. The van der Waals surface area contributed by atoms with Crippen LogP contribution in [0, 0.1) is 0 Å². The Morgan fingerprint density at radius 1 is 0.204 bits per heavy atom. The standard InChI is InChI=1S/C80H48N12Si/c1-9-53-61-41-65(89-77(61)73-57(13-5-37-85-73)69(53)81-33-1)45-17-25-49(26-18-45)93(50-27-19-46(20-28-50)66-42-62-54-10-2-34-82-70(54)58-14-6-38-86-74(58)78(62)90-66,51-29-21-47(22-30-51)67-43-63-55-11-3-35-83-71(55)59-15-7-39-87-75(59)79(63)91-67)52-31-23-48(24-32-52)68-44-64-56-12-4-36-84-72(56)60-16-8-40-88-76(60)80(64)92-68/h1-40H,41-44H2. The maximum Gasteiger partial charge on any atom is 0.179 e. The third-order valence-electron chi connectivity index (χ3n) is 19.8. The lowest BCUT2D eigenvalue weighted by molar-refractivity contribution is 1.36. The van der Waals surface area contributed by atoms with Crippen LogP contribution in [0.3, 0.4) is 0 Å². The Morgan fingerprint density at radius 3 is 0.613 bits per heavy atom. The van der Waals surface area contributed by atoms with Crippen LogP contribution in [0.4, 0.5) is 22.7 Å². The summed E-state index contributed by atoms with van der Waals surface area (Å²) in [5.74, 6) is 0. The van der Waals surface area contributed by atoms with E-state index in [4.69, 9.17) is 59.8 Å². The van der Waals surface area contributed by atoms with E-state index in [1.165, 1.54) is 20.7 Å². The molecule has 12 heterocycles. The molecule has 13 heteroatoms. The van der Waals surface area contributed by atoms with E-state index in [9.17, 15) is 0 Å². The van der Waals surface area contributed by atoms with Gasteiger partial charge in [0.2, 0.25) is 0 Å². The lowest BCUT2D eigenvalue weighted by Gasteiger charge is -2.35. The second-order valence-corrected chi connectivity index (χ2v) is 28.3. The Kier molecular flexibility index (Phi) is 11.1. The zero-order valence-corrected chi connectivity index (χ0v) is 50.8. The number of aromatic nitrogens is 8. The first-order chi connectivity index (χ1) is 46.1. The summed E-state index contributed by atoms with van der Waals surface area (Å²) >= 11 is 0. The third-order valence-corrected chi connectivity index (χ3v) is 24.6. The Balaban J connectivity index is 0.759. The first-order valence-corrected chi connectivity index (χ1v) is 33.4. The molecule has 0 aliphatic carbocycles. The van der Waals surface area contributed by atoms with E-state index in [2.05, 4.69) is 146 Å². The van der Waals surface area contributed by atoms with E-state index in [1.54, 1.807) is 0 Å². The number of rotatable bonds is 8. The lowest BCUT2D eigenvalue weighted by atomic mass is 9.98. The van der Waals surface area contributed by atoms with Crippen LogP contribution in [-0.4, -0.2) is 70.8 Å². The molecule has 0 spiro atoms. The minimum Gasteiger partial charge on any atom is -0.256 e. The summed E-state index contributed by atoms with van der Waals surface area (Å²) in [6.07, 6.45) is 17.5. The van der Waals surface area contributed by atoms with Crippen molar-refractivity contribution in [2.45, 2.75) is 25.7 Å². The number of hydrogen-bond acceptors (Lipinski definition) is 12. The van der Waals surface area contributed by atoms with Gasteiger partial charge < -0.3 is 0 Å². The van der Waals surface area contributed by atoms with Gasteiger partial charge in [-0.15, -0.1) is 0 Å². The second-order valence-electron chi connectivity index (χ2n) is 24.5. The molecule has 0 bridgehead atoms. The zero-order chi connectivity index (χ0) is 60.9. The summed E-state index contributed by atoms with van der Waals surface area (Å²) in [7, 11) is -3.33. The van der Waals surface area contributed by atoms with Gasteiger partial charge in [0.25, 0.3) is 0 Å². The van der Waals surface area contributed by atoms with Gasteiger partial charge in [0.1, 0.15) is 0 Å². The first kappa shape index (κ1) is 51.8. The Morgan fingerprint density at radius 2 is 0.398 bits per heavy atom. The minimum atomic E-state index is -3.33. The molecule has 4 aliphatic heterocycles. The van der Waals surface area contributed by atoms with Gasteiger partial charge in [0, 0.05) is 118 Å². The maximum atomic E-state index is 5.44. The molecule has 0 amide bonds. The molecule has 12 nitrogen and oxygen atoms in total. The molecular formula is C80H48N12Si. The number of aliphatic imine (C=N–C) groups is 4. The van der Waals surface area contributed by atoms with Gasteiger partial charge in [-0.25, -0.2) is 20.0 Å². The molecule has 0 atom stereocenters. The molecule has 8 aromatic carbocycles. The van der Waals surface area contributed by atoms with Crippen molar-refractivity contribution in [3.63, 3.8) is 0 Å². The highest BCUT2D eigenvalue weighted by Crippen LogP contribution is 2.45. The van der Waals surface area contributed by atoms with Crippen LogP contribution in [0.1, 0.15) is 44.5 Å². The third kappa shape index (κ3) is 7.65. The van der Waals surface area contributed by atoms with Gasteiger partial charge in [-0.3, -0.25) is 39.9 Å². The highest BCUT2D eigenvalue weighted by Gasteiger charge is 2.43. The van der Waals surface area contributed by atoms with Crippen molar-refractivity contribution < 1.29 is 0 Å². The smallest absolute Gasteiger partial charge is 0.179 e. The molecule has 0 N–H and O–H groups in total. The summed E-state index contributed by atoms with van der Waals surface area (Å²) < 4.78 is 0. The fourth-order valence-corrected chi connectivity index (χ4v) is 20.2. The van der Waals surface area contributed by atoms with Gasteiger partial charge in [0.05, 0.1) is 89.7 Å². The van der Waals surface area contributed by atoms with Gasteiger partial charge in [0.15, 0.2) is 8.07 Å². The monoisotopic (exact) mass is 1200 g/mol. The molecule has 0 fully saturated rings. The number of benzene rings is 8. The van der Waals surface area contributed by atoms with Crippen LogP contribution < -0.4 is 20.7 Å². The number of fused-ring (bicyclic) bond motifs is 24. The molecule has 4 aliphatic rings. The molecular weight excluding hydrogens is 1160 g/mol. The molecule has 432 valence electrons. The average Bonchev–Trinajstić information content (AvgIpc) is 1.77.